The van der Waals surface area contributed by atoms with Crippen LogP contribution in [0.4, 0.5) is 0 Å². The Morgan fingerprint density at radius 3 is 2.00 bits per heavy atom. The van der Waals surface area contributed by atoms with Gasteiger partial charge in [0.1, 0.15) is 0 Å². The Balaban J connectivity index is 0. The molecular formula is C12H23NS. The van der Waals surface area contributed by atoms with Crippen LogP contribution in [0.25, 0.3) is 0 Å². The van der Waals surface area contributed by atoms with Crippen LogP contribution in [-0.2, 0) is 0 Å². The molecule has 1 nitrogen and oxygen atoms in total. The van der Waals surface area contributed by atoms with Crippen molar-refractivity contribution in [3.8, 4) is 0 Å². The third-order valence-corrected chi connectivity index (χ3v) is 2.53. The van der Waals surface area contributed by atoms with Gasteiger partial charge in [0.15, 0.2) is 0 Å². The summed E-state index contributed by atoms with van der Waals surface area (Å²) in [5.41, 5.74) is 2.62. The lowest BCUT2D eigenvalue weighted by atomic mass is 10.1. The van der Waals surface area contributed by atoms with Crippen LogP contribution in [0.15, 0.2) is 37.0 Å². The zero-order valence-corrected chi connectivity index (χ0v) is 10.8. The second-order valence-corrected chi connectivity index (χ2v) is 3.97. The summed E-state index contributed by atoms with van der Waals surface area (Å²) in [6, 6.07) is 0. The summed E-state index contributed by atoms with van der Waals surface area (Å²) in [5.74, 6) is 0. The number of hydrogen-bond donors (Lipinski definition) is 1. The fraction of sp³-hybridized carbons (Fsp3) is 0.500. The summed E-state index contributed by atoms with van der Waals surface area (Å²) in [4.78, 5) is 2.09. The first-order valence-corrected chi connectivity index (χ1v) is 5.14. The molecule has 0 bridgehead atoms. The first-order chi connectivity index (χ1) is 6.49. The summed E-state index contributed by atoms with van der Waals surface area (Å²) < 4.78 is 0. The van der Waals surface area contributed by atoms with Gasteiger partial charge in [-0.3, -0.25) is 4.90 Å². The molecule has 0 fully saturated rings. The highest BCUT2D eigenvalue weighted by atomic mass is 32.1. The molecular weight excluding hydrogens is 190 g/mol. The first kappa shape index (κ1) is 16.0. The van der Waals surface area contributed by atoms with Gasteiger partial charge in [-0.1, -0.05) is 18.2 Å². The molecule has 0 heterocycles. The Morgan fingerprint density at radius 2 is 1.79 bits per heavy atom. The average Bonchev–Trinajstić information content (AvgIpc) is 2.16. The van der Waals surface area contributed by atoms with E-state index in [2.05, 4.69) is 51.1 Å². The zero-order chi connectivity index (χ0) is 11.7. The van der Waals surface area contributed by atoms with Gasteiger partial charge in [0.05, 0.1) is 5.37 Å². The maximum atomic E-state index is 4.46. The van der Waals surface area contributed by atoms with E-state index in [-0.39, 0.29) is 5.37 Å². The third-order valence-electron chi connectivity index (χ3n) is 1.89. The van der Waals surface area contributed by atoms with Crippen molar-refractivity contribution in [2.75, 3.05) is 14.1 Å². The van der Waals surface area contributed by atoms with E-state index < -0.39 is 0 Å². The van der Waals surface area contributed by atoms with Gasteiger partial charge in [0, 0.05) is 0 Å². The fourth-order valence-corrected chi connectivity index (χ4v) is 1.07. The van der Waals surface area contributed by atoms with E-state index in [9.17, 15) is 0 Å². The zero-order valence-electron chi connectivity index (χ0n) is 9.88. The summed E-state index contributed by atoms with van der Waals surface area (Å²) >= 11 is 4.46. The molecule has 1 atom stereocenters. The Hall–Kier alpha value is -0.470. The predicted molar refractivity (Wildman–Crippen MR) is 70.9 cm³/mol. The maximum Gasteiger partial charge on any atom is 0.0563 e. The van der Waals surface area contributed by atoms with E-state index in [1.807, 2.05) is 20.2 Å². The monoisotopic (exact) mass is 213 g/mol. The highest BCUT2D eigenvalue weighted by Gasteiger charge is 2.07. The minimum Gasteiger partial charge on any atom is -0.298 e. The molecule has 0 rings (SSSR count). The Kier molecular flexibility index (Phi) is 10.4. The first-order valence-electron chi connectivity index (χ1n) is 4.62. The van der Waals surface area contributed by atoms with E-state index in [1.165, 1.54) is 11.1 Å². The maximum absolute atomic E-state index is 4.46. The van der Waals surface area contributed by atoms with E-state index >= 15 is 0 Å². The van der Waals surface area contributed by atoms with Gasteiger partial charge in [0.2, 0.25) is 0 Å². The number of nitrogens with zero attached hydrogens (tertiary/aromatic N) is 1. The second-order valence-electron chi connectivity index (χ2n) is 3.38. The average molecular weight is 213 g/mol. The van der Waals surface area contributed by atoms with Gasteiger partial charge >= 0.3 is 0 Å². The molecule has 0 aromatic heterocycles. The summed E-state index contributed by atoms with van der Waals surface area (Å²) in [6.45, 7) is 14.0. The van der Waals surface area contributed by atoms with Crippen molar-refractivity contribution >= 4 is 12.6 Å². The quantitative estimate of drug-likeness (QED) is 0.324. The van der Waals surface area contributed by atoms with Crippen molar-refractivity contribution in [2.24, 2.45) is 0 Å². The molecule has 0 spiro atoms. The van der Waals surface area contributed by atoms with Crippen molar-refractivity contribution < 1.29 is 0 Å². The molecule has 1 unspecified atom stereocenters. The van der Waals surface area contributed by atoms with Gasteiger partial charge in [-0.25, -0.2) is 0 Å². The highest BCUT2D eigenvalue weighted by molar-refractivity contribution is 7.80. The van der Waals surface area contributed by atoms with Crippen molar-refractivity contribution in [1.29, 1.82) is 0 Å². The molecule has 0 aliphatic heterocycles. The van der Waals surface area contributed by atoms with Crippen LogP contribution in [-0.4, -0.2) is 24.4 Å². The number of hydrogen-bond acceptors (Lipinski definition) is 2. The molecule has 0 saturated carbocycles. The summed E-state index contributed by atoms with van der Waals surface area (Å²) in [7, 11) is 4.06. The van der Waals surface area contributed by atoms with E-state index in [0.717, 1.165) is 6.42 Å². The third kappa shape index (κ3) is 6.98. The van der Waals surface area contributed by atoms with E-state index in [1.54, 1.807) is 0 Å². The summed E-state index contributed by atoms with van der Waals surface area (Å²) in [5, 5.41) is 0.285. The number of allylic oxidation sites excluding steroid dienone is 2. The molecule has 0 saturated heterocycles. The number of rotatable bonds is 4. The van der Waals surface area contributed by atoms with Crippen molar-refractivity contribution in [2.45, 2.75) is 25.6 Å². The molecule has 2 heteroatoms. The van der Waals surface area contributed by atoms with Gasteiger partial charge < -0.3 is 0 Å². The minimum absolute atomic E-state index is 0.285. The smallest absolute Gasteiger partial charge is 0.0563 e. The second kappa shape index (κ2) is 9.10. The lowest BCUT2D eigenvalue weighted by molar-refractivity contribution is 0.383. The van der Waals surface area contributed by atoms with Gasteiger partial charge in [-0.2, -0.15) is 12.6 Å². The fourth-order valence-electron chi connectivity index (χ4n) is 0.871. The highest BCUT2D eigenvalue weighted by Crippen LogP contribution is 2.16. The molecule has 0 radical (unpaired) electrons. The van der Waals surface area contributed by atoms with Crippen molar-refractivity contribution in [3.05, 3.63) is 37.0 Å². The Bertz CT molecular complexity index is 190. The van der Waals surface area contributed by atoms with Gasteiger partial charge in [0.25, 0.3) is 0 Å². The van der Waals surface area contributed by atoms with Gasteiger partial charge in [-0.15, -0.1) is 13.2 Å². The minimum atomic E-state index is 0.285. The predicted octanol–water partition coefficient (Wildman–Crippen LogP) is 3.52. The lowest BCUT2D eigenvalue weighted by Crippen LogP contribution is -2.22. The Morgan fingerprint density at radius 1 is 1.36 bits per heavy atom. The van der Waals surface area contributed by atoms with Crippen LogP contribution in [0, 0.1) is 0 Å². The van der Waals surface area contributed by atoms with Crippen LogP contribution in [0.3, 0.4) is 0 Å². The molecule has 0 aliphatic rings. The normalized spacial score (nSPS) is 11.3. The molecule has 0 aliphatic carbocycles. The van der Waals surface area contributed by atoms with Crippen molar-refractivity contribution in [3.63, 3.8) is 0 Å². The van der Waals surface area contributed by atoms with Crippen LogP contribution in [0.2, 0.25) is 0 Å². The molecule has 82 valence electrons. The molecule has 0 aromatic rings. The summed E-state index contributed by atoms with van der Waals surface area (Å²) in [6.07, 6.45) is 2.88. The van der Waals surface area contributed by atoms with Crippen LogP contribution >= 0.6 is 12.6 Å². The van der Waals surface area contributed by atoms with Crippen molar-refractivity contribution in [1.82, 2.24) is 4.90 Å². The Labute approximate surface area is 94.6 Å². The topological polar surface area (TPSA) is 3.24 Å². The van der Waals surface area contributed by atoms with Crippen LogP contribution < -0.4 is 0 Å². The van der Waals surface area contributed by atoms with E-state index in [0.29, 0.717) is 0 Å². The molecule has 0 N–H and O–H groups in total. The molecule has 14 heavy (non-hydrogen) atoms. The number of thiol groups is 1. The molecule has 0 aromatic carbocycles. The SMILES string of the molecule is C=C.C=CC(CC(S)N(C)C)=C(C)C. The van der Waals surface area contributed by atoms with Gasteiger partial charge in [-0.05, 0) is 39.9 Å². The van der Waals surface area contributed by atoms with Crippen LogP contribution in [0.1, 0.15) is 20.3 Å². The van der Waals surface area contributed by atoms with Crippen LogP contribution in [0.5, 0.6) is 0 Å². The molecule has 0 amide bonds. The standard InChI is InChI=1S/C10H19NS.C2H4/c1-6-9(8(2)3)7-10(12)11(4)5;1-2/h6,10,12H,1,7H2,2-5H3;1-2H2. The largest absolute Gasteiger partial charge is 0.298 e. The lowest BCUT2D eigenvalue weighted by Gasteiger charge is -2.19. The van der Waals surface area contributed by atoms with E-state index in [4.69, 9.17) is 0 Å².